The van der Waals surface area contributed by atoms with Gasteiger partial charge < -0.3 is 9.88 Å². The van der Waals surface area contributed by atoms with Gasteiger partial charge in [-0.05, 0) is 31.0 Å². The van der Waals surface area contributed by atoms with Gasteiger partial charge in [0.2, 0.25) is 0 Å². The molecule has 0 bridgehead atoms. The van der Waals surface area contributed by atoms with E-state index in [1.165, 1.54) is 40.6 Å². The summed E-state index contributed by atoms with van der Waals surface area (Å²) in [5.41, 5.74) is 5.62. The van der Waals surface area contributed by atoms with E-state index in [2.05, 4.69) is 54.3 Å². The molecule has 2 aromatic rings. The molecule has 1 aliphatic heterocycles. The maximum Gasteiger partial charge on any atom is 0.0492 e. The van der Waals surface area contributed by atoms with Crippen molar-refractivity contribution in [1.82, 2.24) is 9.88 Å². The lowest BCUT2D eigenvalue weighted by Crippen LogP contribution is -2.24. The fourth-order valence-corrected chi connectivity index (χ4v) is 3.05. The molecule has 0 radical (unpaired) electrons. The molecule has 100 valence electrons. The summed E-state index contributed by atoms with van der Waals surface area (Å²) < 4.78 is 0. The molecule has 0 unspecified atom stereocenters. The van der Waals surface area contributed by atoms with Gasteiger partial charge in [-0.1, -0.05) is 37.6 Å². The number of fused-ring (bicyclic) bond motifs is 1. The van der Waals surface area contributed by atoms with Crippen molar-refractivity contribution in [3.8, 4) is 0 Å². The Balaban J connectivity index is 2.06. The summed E-state index contributed by atoms with van der Waals surface area (Å²) in [5, 5.41) is 1.38. The molecule has 0 amide bonds. The van der Waals surface area contributed by atoms with Crippen LogP contribution in [0.1, 0.15) is 30.9 Å². The quantitative estimate of drug-likeness (QED) is 0.881. The summed E-state index contributed by atoms with van der Waals surface area (Å²) >= 11 is 0. The van der Waals surface area contributed by atoms with Gasteiger partial charge in [0, 0.05) is 35.8 Å². The Kier molecular flexibility index (Phi) is 3.43. The molecule has 0 aliphatic carbocycles. The number of aryl methyl sites for hydroxylation is 1. The van der Waals surface area contributed by atoms with Gasteiger partial charge in [0.1, 0.15) is 0 Å². The van der Waals surface area contributed by atoms with Crippen LogP contribution in [0.15, 0.2) is 30.5 Å². The second kappa shape index (κ2) is 5.22. The fourth-order valence-electron chi connectivity index (χ4n) is 3.05. The van der Waals surface area contributed by atoms with Gasteiger partial charge in [0.25, 0.3) is 0 Å². The van der Waals surface area contributed by atoms with Gasteiger partial charge in [0.05, 0.1) is 0 Å². The maximum absolute atomic E-state index is 3.49. The molecular weight excluding hydrogens is 232 g/mol. The summed E-state index contributed by atoms with van der Waals surface area (Å²) in [4.78, 5) is 5.89. The molecule has 2 nitrogen and oxygen atoms in total. The predicted molar refractivity (Wildman–Crippen MR) is 82.4 cm³/mol. The van der Waals surface area contributed by atoms with E-state index in [0.717, 1.165) is 19.4 Å². The van der Waals surface area contributed by atoms with E-state index in [-0.39, 0.29) is 0 Å². The van der Waals surface area contributed by atoms with Crippen molar-refractivity contribution in [2.24, 2.45) is 0 Å². The van der Waals surface area contributed by atoms with Crippen LogP contribution in [0, 0.1) is 0 Å². The molecular formula is C17H22N2. The number of aromatic nitrogens is 1. The largest absolute Gasteiger partial charge is 0.360 e. The van der Waals surface area contributed by atoms with Crippen LogP contribution in [0.5, 0.6) is 0 Å². The normalized spacial score (nSPS) is 16.8. The van der Waals surface area contributed by atoms with Crippen LogP contribution >= 0.6 is 0 Å². The molecule has 3 rings (SSSR count). The lowest BCUT2D eigenvalue weighted by molar-refractivity contribution is 0.373. The number of nitrogens with one attached hydrogen (secondary N) is 1. The molecule has 2 heteroatoms. The first kappa shape index (κ1) is 12.5. The zero-order valence-corrected chi connectivity index (χ0v) is 11.9. The van der Waals surface area contributed by atoms with Crippen LogP contribution < -0.4 is 0 Å². The first-order valence-electron chi connectivity index (χ1n) is 7.26. The van der Waals surface area contributed by atoms with Crippen molar-refractivity contribution in [2.45, 2.75) is 26.2 Å². The summed E-state index contributed by atoms with van der Waals surface area (Å²) in [6, 6.07) is 6.68. The highest BCUT2D eigenvalue weighted by atomic mass is 15.1. The Labute approximate surface area is 115 Å². The summed E-state index contributed by atoms with van der Waals surface area (Å²) in [5.74, 6) is 0. The number of benzene rings is 1. The van der Waals surface area contributed by atoms with E-state index >= 15 is 0 Å². The summed E-state index contributed by atoms with van der Waals surface area (Å²) in [6.07, 6.45) is 8.09. The highest BCUT2D eigenvalue weighted by Gasteiger charge is 2.14. The number of rotatable bonds is 3. The van der Waals surface area contributed by atoms with Gasteiger partial charge in [-0.15, -0.1) is 0 Å². The molecule has 0 atom stereocenters. The van der Waals surface area contributed by atoms with Crippen molar-refractivity contribution in [2.75, 3.05) is 20.1 Å². The summed E-state index contributed by atoms with van der Waals surface area (Å²) in [7, 11) is 2.20. The van der Waals surface area contributed by atoms with Gasteiger partial charge in [-0.2, -0.15) is 0 Å². The Morgan fingerprint density at radius 2 is 2.21 bits per heavy atom. The number of aromatic amines is 1. The molecule has 1 N–H and O–H groups in total. The van der Waals surface area contributed by atoms with E-state index in [1.54, 1.807) is 0 Å². The summed E-state index contributed by atoms with van der Waals surface area (Å²) in [6.45, 7) is 4.47. The minimum Gasteiger partial charge on any atom is -0.360 e. The lowest BCUT2D eigenvalue weighted by Gasteiger charge is -2.22. The van der Waals surface area contributed by atoms with Crippen LogP contribution in [-0.4, -0.2) is 30.0 Å². The molecule has 0 spiro atoms. The van der Waals surface area contributed by atoms with E-state index in [1.807, 2.05) is 0 Å². The number of H-pyrrole nitrogens is 1. The Morgan fingerprint density at radius 1 is 1.32 bits per heavy atom. The van der Waals surface area contributed by atoms with Crippen molar-refractivity contribution in [3.63, 3.8) is 0 Å². The fraction of sp³-hybridized carbons (Fsp3) is 0.412. The third-order valence-corrected chi connectivity index (χ3v) is 4.01. The highest BCUT2D eigenvalue weighted by Crippen LogP contribution is 2.29. The van der Waals surface area contributed by atoms with Gasteiger partial charge >= 0.3 is 0 Å². The van der Waals surface area contributed by atoms with Crippen molar-refractivity contribution in [3.05, 3.63) is 41.6 Å². The first-order chi connectivity index (χ1) is 9.29. The monoisotopic (exact) mass is 254 g/mol. The van der Waals surface area contributed by atoms with E-state index in [4.69, 9.17) is 0 Å². The highest BCUT2D eigenvalue weighted by molar-refractivity contribution is 5.94. The SMILES string of the molecule is CCCc1cccc2c(C3=CCCN(C)C3)c[nH]c12. The Bertz CT molecular complexity index is 607. The second-order valence-electron chi connectivity index (χ2n) is 5.55. The third-order valence-electron chi connectivity index (χ3n) is 4.01. The standard InChI is InChI=1S/C17H22N2/c1-3-6-13-7-4-9-15-16(11-18-17(13)15)14-8-5-10-19(2)12-14/h4,7-9,11,18H,3,5-6,10,12H2,1-2H3. The maximum atomic E-state index is 3.49. The van der Waals surface area contributed by atoms with Gasteiger partial charge in [0.15, 0.2) is 0 Å². The van der Waals surface area contributed by atoms with Crippen molar-refractivity contribution >= 4 is 16.5 Å². The van der Waals surface area contributed by atoms with E-state index in [0.29, 0.717) is 0 Å². The number of hydrogen-bond donors (Lipinski definition) is 1. The Hall–Kier alpha value is -1.54. The van der Waals surface area contributed by atoms with Crippen molar-refractivity contribution in [1.29, 1.82) is 0 Å². The van der Waals surface area contributed by atoms with Crippen molar-refractivity contribution < 1.29 is 0 Å². The molecule has 0 saturated carbocycles. The number of nitrogens with zero attached hydrogens (tertiary/aromatic N) is 1. The molecule has 2 heterocycles. The average molecular weight is 254 g/mol. The van der Waals surface area contributed by atoms with Gasteiger partial charge in [-0.25, -0.2) is 0 Å². The predicted octanol–water partition coefficient (Wildman–Crippen LogP) is 3.84. The number of likely N-dealkylation sites (N-methyl/N-ethyl adjacent to an activating group) is 1. The van der Waals surface area contributed by atoms with E-state index < -0.39 is 0 Å². The second-order valence-corrected chi connectivity index (χ2v) is 5.55. The molecule has 19 heavy (non-hydrogen) atoms. The minimum atomic E-state index is 1.06. The van der Waals surface area contributed by atoms with Crippen LogP contribution in [0.25, 0.3) is 16.5 Å². The first-order valence-corrected chi connectivity index (χ1v) is 7.26. The lowest BCUT2D eigenvalue weighted by atomic mass is 9.99. The van der Waals surface area contributed by atoms with Crippen LogP contribution in [0.3, 0.4) is 0 Å². The van der Waals surface area contributed by atoms with Gasteiger partial charge in [-0.3, -0.25) is 0 Å². The third kappa shape index (κ3) is 2.33. The van der Waals surface area contributed by atoms with E-state index in [9.17, 15) is 0 Å². The number of para-hydroxylation sites is 1. The molecule has 1 aromatic heterocycles. The Morgan fingerprint density at radius 3 is 3.00 bits per heavy atom. The molecule has 0 fully saturated rings. The minimum absolute atomic E-state index is 1.06. The van der Waals surface area contributed by atoms with Crippen LogP contribution in [0.2, 0.25) is 0 Å². The van der Waals surface area contributed by atoms with Crippen LogP contribution in [0.4, 0.5) is 0 Å². The average Bonchev–Trinajstić information content (AvgIpc) is 2.84. The molecule has 0 saturated heterocycles. The topological polar surface area (TPSA) is 19.0 Å². The molecule has 1 aliphatic rings. The number of hydrogen-bond acceptors (Lipinski definition) is 1. The van der Waals surface area contributed by atoms with Crippen LogP contribution in [-0.2, 0) is 6.42 Å². The smallest absolute Gasteiger partial charge is 0.0492 e. The molecule has 1 aromatic carbocycles. The zero-order valence-electron chi connectivity index (χ0n) is 11.9. The zero-order chi connectivity index (χ0) is 13.2.